The Morgan fingerprint density at radius 1 is 1.04 bits per heavy atom. The van der Waals surface area contributed by atoms with Crippen LogP contribution in [0.4, 0.5) is 5.69 Å². The molecule has 2 rings (SSSR count). The van der Waals surface area contributed by atoms with Crippen molar-refractivity contribution in [2.45, 2.75) is 32.9 Å². The van der Waals surface area contributed by atoms with Gasteiger partial charge in [-0.3, -0.25) is 9.10 Å². The Hall–Kier alpha value is -2.34. The summed E-state index contributed by atoms with van der Waals surface area (Å²) < 4.78 is 26.0. The van der Waals surface area contributed by atoms with Gasteiger partial charge in [0.2, 0.25) is 15.9 Å². The average Bonchev–Trinajstić information content (AvgIpc) is 2.60. The van der Waals surface area contributed by atoms with Gasteiger partial charge in [0, 0.05) is 13.6 Å². The van der Waals surface area contributed by atoms with Crippen molar-refractivity contribution in [1.82, 2.24) is 4.90 Å². The molecule has 26 heavy (non-hydrogen) atoms. The van der Waals surface area contributed by atoms with E-state index in [1.165, 1.54) is 4.31 Å². The number of carbonyl (C=O) groups is 1. The highest BCUT2D eigenvalue weighted by Crippen LogP contribution is 2.23. The lowest BCUT2D eigenvalue weighted by Gasteiger charge is -2.32. The van der Waals surface area contributed by atoms with E-state index in [9.17, 15) is 13.2 Å². The average molecular weight is 375 g/mol. The fourth-order valence-electron chi connectivity index (χ4n) is 2.92. The third kappa shape index (κ3) is 4.85. The highest BCUT2D eigenvalue weighted by Gasteiger charge is 2.33. The van der Waals surface area contributed by atoms with Crippen LogP contribution in [0, 0.1) is 6.92 Å². The van der Waals surface area contributed by atoms with Crippen LogP contribution >= 0.6 is 0 Å². The van der Waals surface area contributed by atoms with Gasteiger partial charge in [-0.25, -0.2) is 8.42 Å². The van der Waals surface area contributed by atoms with Crippen molar-refractivity contribution in [1.29, 1.82) is 0 Å². The number of aryl methyl sites for hydroxylation is 1. The molecular weight excluding hydrogens is 348 g/mol. The van der Waals surface area contributed by atoms with Crippen molar-refractivity contribution < 1.29 is 13.2 Å². The van der Waals surface area contributed by atoms with E-state index in [1.54, 1.807) is 36.2 Å². The standard InChI is InChI=1S/C20H26N2O3S/c1-5-19(22(26(4,24)25)18-9-7-6-8-10-18)20(23)21(3)15-17-13-11-16(2)12-14-17/h6-14,19H,5,15H2,1-4H3/t19-/m1/s1. The van der Waals surface area contributed by atoms with Gasteiger partial charge in [-0.15, -0.1) is 0 Å². The molecule has 0 heterocycles. The van der Waals surface area contributed by atoms with E-state index in [-0.39, 0.29) is 5.91 Å². The summed E-state index contributed by atoms with van der Waals surface area (Å²) in [5, 5.41) is 0. The third-order valence-electron chi connectivity index (χ3n) is 4.24. The van der Waals surface area contributed by atoms with Crippen LogP contribution in [0.25, 0.3) is 0 Å². The quantitative estimate of drug-likeness (QED) is 0.748. The van der Waals surface area contributed by atoms with E-state index in [2.05, 4.69) is 0 Å². The summed E-state index contributed by atoms with van der Waals surface area (Å²) in [6.07, 6.45) is 1.52. The molecule has 0 radical (unpaired) electrons. The molecule has 0 saturated carbocycles. The molecule has 0 aliphatic rings. The Morgan fingerprint density at radius 3 is 2.12 bits per heavy atom. The maximum Gasteiger partial charge on any atom is 0.246 e. The van der Waals surface area contributed by atoms with E-state index in [0.29, 0.717) is 18.7 Å². The lowest BCUT2D eigenvalue weighted by molar-refractivity contribution is -0.131. The van der Waals surface area contributed by atoms with Crippen LogP contribution in [0.1, 0.15) is 24.5 Å². The molecule has 1 atom stereocenters. The van der Waals surface area contributed by atoms with Crippen molar-refractivity contribution in [3.63, 3.8) is 0 Å². The van der Waals surface area contributed by atoms with Gasteiger partial charge >= 0.3 is 0 Å². The first-order chi connectivity index (χ1) is 12.2. The summed E-state index contributed by atoms with van der Waals surface area (Å²) in [7, 11) is -1.90. The van der Waals surface area contributed by atoms with Gasteiger partial charge in [0.15, 0.2) is 0 Å². The normalized spacial score (nSPS) is 12.5. The van der Waals surface area contributed by atoms with Gasteiger partial charge in [0.1, 0.15) is 6.04 Å². The maximum atomic E-state index is 13.0. The molecule has 0 fully saturated rings. The van der Waals surface area contributed by atoms with Gasteiger partial charge in [-0.1, -0.05) is 55.0 Å². The van der Waals surface area contributed by atoms with Crippen LogP contribution in [0.5, 0.6) is 0 Å². The van der Waals surface area contributed by atoms with Crippen LogP contribution in [-0.4, -0.2) is 38.6 Å². The van der Waals surface area contributed by atoms with Crippen LogP contribution in [0.15, 0.2) is 54.6 Å². The summed E-state index contributed by atoms with van der Waals surface area (Å²) in [4.78, 5) is 14.6. The Kier molecular flexibility index (Phi) is 6.42. The molecule has 2 aromatic carbocycles. The largest absolute Gasteiger partial charge is 0.340 e. The molecule has 6 heteroatoms. The summed E-state index contributed by atoms with van der Waals surface area (Å²) in [5.41, 5.74) is 2.66. The van der Waals surface area contributed by atoms with Gasteiger partial charge in [0.05, 0.1) is 11.9 Å². The Morgan fingerprint density at radius 2 is 1.62 bits per heavy atom. The number of hydrogen-bond acceptors (Lipinski definition) is 3. The van der Waals surface area contributed by atoms with E-state index < -0.39 is 16.1 Å². The van der Waals surface area contributed by atoms with Crippen molar-refractivity contribution in [2.75, 3.05) is 17.6 Å². The molecule has 0 aliphatic heterocycles. The monoisotopic (exact) mass is 374 g/mol. The van der Waals surface area contributed by atoms with Gasteiger partial charge in [0.25, 0.3) is 0 Å². The molecule has 0 unspecified atom stereocenters. The van der Waals surface area contributed by atoms with Crippen LogP contribution in [0.2, 0.25) is 0 Å². The van der Waals surface area contributed by atoms with E-state index >= 15 is 0 Å². The lowest BCUT2D eigenvalue weighted by Crippen LogP contribution is -2.49. The fourth-order valence-corrected chi connectivity index (χ4v) is 4.12. The number of sulfonamides is 1. The Balaban J connectivity index is 2.28. The highest BCUT2D eigenvalue weighted by atomic mass is 32.2. The van der Waals surface area contributed by atoms with Gasteiger partial charge < -0.3 is 4.90 Å². The van der Waals surface area contributed by atoms with Crippen LogP contribution in [0.3, 0.4) is 0 Å². The number of nitrogens with zero attached hydrogens (tertiary/aromatic N) is 2. The molecule has 0 aliphatic carbocycles. The third-order valence-corrected chi connectivity index (χ3v) is 5.42. The van der Waals surface area contributed by atoms with E-state index in [0.717, 1.165) is 17.4 Å². The number of likely N-dealkylation sites (N-methyl/N-ethyl adjacent to an activating group) is 1. The zero-order valence-electron chi connectivity index (χ0n) is 15.7. The Bertz CT molecular complexity index is 833. The fraction of sp³-hybridized carbons (Fsp3) is 0.350. The maximum absolute atomic E-state index is 13.0. The number of benzene rings is 2. The second kappa shape index (κ2) is 8.36. The first-order valence-corrected chi connectivity index (χ1v) is 10.4. The number of para-hydroxylation sites is 1. The highest BCUT2D eigenvalue weighted by molar-refractivity contribution is 7.92. The number of amides is 1. The van der Waals surface area contributed by atoms with Gasteiger partial charge in [-0.2, -0.15) is 0 Å². The lowest BCUT2D eigenvalue weighted by atomic mass is 10.1. The predicted molar refractivity (Wildman–Crippen MR) is 105 cm³/mol. The molecule has 0 aromatic heterocycles. The molecule has 1 amide bonds. The van der Waals surface area contributed by atoms with Gasteiger partial charge in [-0.05, 0) is 31.0 Å². The zero-order chi connectivity index (χ0) is 19.3. The summed E-state index contributed by atoms with van der Waals surface area (Å²) in [6.45, 7) is 4.26. The smallest absolute Gasteiger partial charge is 0.246 e. The van der Waals surface area contributed by atoms with E-state index in [1.807, 2.05) is 44.2 Å². The van der Waals surface area contributed by atoms with Crippen molar-refractivity contribution in [2.24, 2.45) is 0 Å². The molecule has 0 spiro atoms. The SMILES string of the molecule is CC[C@H](C(=O)N(C)Cc1ccc(C)cc1)N(c1ccccc1)S(C)(=O)=O. The van der Waals surface area contributed by atoms with Crippen molar-refractivity contribution in [3.8, 4) is 0 Å². The molecular formula is C20H26N2O3S. The Labute approximate surface area is 156 Å². The van der Waals surface area contributed by atoms with E-state index in [4.69, 9.17) is 0 Å². The second-order valence-corrected chi connectivity index (χ2v) is 8.36. The van der Waals surface area contributed by atoms with Crippen LogP contribution in [-0.2, 0) is 21.4 Å². The summed E-state index contributed by atoms with van der Waals surface area (Å²) >= 11 is 0. The molecule has 2 aromatic rings. The number of rotatable bonds is 7. The minimum Gasteiger partial charge on any atom is -0.340 e. The first kappa shape index (κ1) is 20.0. The molecule has 140 valence electrons. The predicted octanol–water partition coefficient (Wildman–Crippen LogP) is 3.20. The van der Waals surface area contributed by atoms with Crippen molar-refractivity contribution in [3.05, 3.63) is 65.7 Å². The summed E-state index contributed by atoms with van der Waals surface area (Å²) in [6, 6.07) is 15.9. The number of carbonyl (C=O) groups excluding carboxylic acids is 1. The number of hydrogen-bond donors (Lipinski definition) is 0. The van der Waals surface area contributed by atoms with Crippen LogP contribution < -0.4 is 4.31 Å². The molecule has 0 bridgehead atoms. The van der Waals surface area contributed by atoms with Crippen molar-refractivity contribution >= 4 is 21.6 Å². The summed E-state index contributed by atoms with van der Waals surface area (Å²) in [5.74, 6) is -0.220. The first-order valence-electron chi connectivity index (χ1n) is 8.59. The second-order valence-electron chi connectivity index (χ2n) is 6.50. The molecule has 0 N–H and O–H groups in total. The topological polar surface area (TPSA) is 57.7 Å². The zero-order valence-corrected chi connectivity index (χ0v) is 16.5. The molecule has 0 saturated heterocycles. The molecule has 5 nitrogen and oxygen atoms in total. The minimum absolute atomic E-state index is 0.220. The minimum atomic E-state index is -3.60. The number of anilines is 1.